The zero-order valence-corrected chi connectivity index (χ0v) is 14.7. The van der Waals surface area contributed by atoms with Crippen LogP contribution in [0.5, 0.6) is 5.75 Å². The average Bonchev–Trinajstić information content (AvgIpc) is 2.48. The van der Waals surface area contributed by atoms with E-state index in [1.807, 2.05) is 0 Å². The number of amides is 1. The van der Waals surface area contributed by atoms with E-state index in [1.165, 1.54) is 14.0 Å². The molecule has 1 unspecified atom stereocenters. The number of halogens is 2. The first-order valence-electron chi connectivity index (χ1n) is 6.99. The summed E-state index contributed by atoms with van der Waals surface area (Å²) in [5.74, 6) is -0.668. The van der Waals surface area contributed by atoms with Crippen molar-refractivity contribution in [2.75, 3.05) is 20.2 Å². The van der Waals surface area contributed by atoms with Gasteiger partial charge in [-0.25, -0.2) is 0 Å². The van der Waals surface area contributed by atoms with Crippen molar-refractivity contribution < 1.29 is 19.4 Å². The van der Waals surface area contributed by atoms with Crippen molar-refractivity contribution in [2.24, 2.45) is 0 Å². The van der Waals surface area contributed by atoms with Gasteiger partial charge in [0, 0.05) is 37.6 Å². The van der Waals surface area contributed by atoms with E-state index in [-0.39, 0.29) is 12.5 Å². The second-order valence-corrected chi connectivity index (χ2v) is 5.86. The van der Waals surface area contributed by atoms with Crippen molar-refractivity contribution in [2.45, 2.75) is 26.4 Å². The van der Waals surface area contributed by atoms with Crippen LogP contribution in [0.3, 0.4) is 0 Å². The molecule has 0 spiro atoms. The van der Waals surface area contributed by atoms with Crippen LogP contribution in [0.25, 0.3) is 0 Å². The van der Waals surface area contributed by atoms with Gasteiger partial charge in [-0.05, 0) is 18.6 Å². The van der Waals surface area contributed by atoms with Crippen LogP contribution in [0.4, 0.5) is 0 Å². The van der Waals surface area contributed by atoms with Crippen molar-refractivity contribution in [1.29, 1.82) is 0 Å². The molecule has 0 aromatic heterocycles. The Hall–Kier alpha value is -1.50. The summed E-state index contributed by atoms with van der Waals surface area (Å²) in [6.45, 7) is 3.98. The van der Waals surface area contributed by atoms with Crippen LogP contribution in [0.15, 0.2) is 12.1 Å². The largest absolute Gasteiger partial charge is 0.495 e. The molecular formula is C15H20Cl2N2O4. The first-order chi connectivity index (χ1) is 10.8. The molecule has 8 heteroatoms. The Morgan fingerprint density at radius 1 is 1.35 bits per heavy atom. The maximum atomic E-state index is 11.3. The minimum absolute atomic E-state index is 0.168. The van der Waals surface area contributed by atoms with Crippen molar-refractivity contribution >= 4 is 35.1 Å². The molecule has 0 radical (unpaired) electrons. The molecule has 23 heavy (non-hydrogen) atoms. The summed E-state index contributed by atoms with van der Waals surface area (Å²) in [5, 5.41) is 12.7. The third kappa shape index (κ3) is 5.89. The number of hydrogen-bond donors (Lipinski definition) is 2. The first-order valence-corrected chi connectivity index (χ1v) is 7.75. The van der Waals surface area contributed by atoms with Crippen molar-refractivity contribution in [3.63, 3.8) is 0 Å². The Bertz CT molecular complexity index is 581. The molecule has 0 aliphatic carbocycles. The van der Waals surface area contributed by atoms with Crippen molar-refractivity contribution in [1.82, 2.24) is 10.2 Å². The van der Waals surface area contributed by atoms with Crippen LogP contribution >= 0.6 is 23.2 Å². The second-order valence-electron chi connectivity index (χ2n) is 5.05. The highest BCUT2D eigenvalue weighted by Gasteiger charge is 2.22. The fourth-order valence-electron chi connectivity index (χ4n) is 2.01. The number of rotatable bonds is 8. The minimum Gasteiger partial charge on any atom is -0.495 e. The van der Waals surface area contributed by atoms with Gasteiger partial charge < -0.3 is 15.2 Å². The fourth-order valence-corrected chi connectivity index (χ4v) is 2.48. The van der Waals surface area contributed by atoms with E-state index in [0.717, 1.165) is 0 Å². The molecular weight excluding hydrogens is 343 g/mol. The van der Waals surface area contributed by atoms with Crippen LogP contribution in [0.2, 0.25) is 10.0 Å². The molecule has 1 rings (SSSR count). The van der Waals surface area contributed by atoms with E-state index < -0.39 is 12.0 Å². The summed E-state index contributed by atoms with van der Waals surface area (Å²) < 4.78 is 5.09. The summed E-state index contributed by atoms with van der Waals surface area (Å²) in [7, 11) is 1.49. The highest BCUT2D eigenvalue weighted by molar-refractivity contribution is 6.34. The fraction of sp³-hybridized carbons (Fsp3) is 0.467. The summed E-state index contributed by atoms with van der Waals surface area (Å²) in [5.41, 5.74) is 0.688. The number of benzene rings is 1. The van der Waals surface area contributed by atoms with Gasteiger partial charge in [-0.1, -0.05) is 23.2 Å². The van der Waals surface area contributed by atoms with Gasteiger partial charge in [0.25, 0.3) is 0 Å². The quantitative estimate of drug-likeness (QED) is 0.742. The lowest BCUT2D eigenvalue weighted by Crippen LogP contribution is -2.42. The lowest BCUT2D eigenvalue weighted by atomic mass is 10.1. The molecule has 2 N–H and O–H groups in total. The van der Waals surface area contributed by atoms with Crippen molar-refractivity contribution in [3.05, 3.63) is 27.7 Å². The van der Waals surface area contributed by atoms with Gasteiger partial charge in [-0.2, -0.15) is 0 Å². The van der Waals surface area contributed by atoms with Crippen LogP contribution in [-0.2, 0) is 16.1 Å². The van der Waals surface area contributed by atoms with Crippen LogP contribution in [-0.4, -0.2) is 48.1 Å². The SMILES string of the molecule is COc1cc(Cl)c(CN(CCNC(C)=O)C(C)C(=O)O)cc1Cl. The molecule has 6 nitrogen and oxygen atoms in total. The van der Waals surface area contributed by atoms with Crippen molar-refractivity contribution in [3.8, 4) is 5.75 Å². The third-order valence-electron chi connectivity index (χ3n) is 3.37. The maximum absolute atomic E-state index is 11.3. The van der Waals surface area contributed by atoms with Gasteiger partial charge in [0.15, 0.2) is 0 Å². The normalized spacial score (nSPS) is 12.1. The van der Waals surface area contributed by atoms with E-state index >= 15 is 0 Å². The number of hydrogen-bond acceptors (Lipinski definition) is 4. The molecule has 1 amide bonds. The second kappa shape index (κ2) is 8.96. The van der Waals surface area contributed by atoms with Gasteiger partial charge in [0.05, 0.1) is 12.1 Å². The predicted molar refractivity (Wildman–Crippen MR) is 89.2 cm³/mol. The Balaban J connectivity index is 2.93. The van der Waals surface area contributed by atoms with Gasteiger partial charge in [-0.3, -0.25) is 14.5 Å². The topological polar surface area (TPSA) is 78.9 Å². The van der Waals surface area contributed by atoms with E-state index in [0.29, 0.717) is 34.4 Å². The van der Waals surface area contributed by atoms with E-state index in [2.05, 4.69) is 5.32 Å². The lowest BCUT2D eigenvalue weighted by Gasteiger charge is -2.27. The molecule has 1 atom stereocenters. The summed E-state index contributed by atoms with van der Waals surface area (Å²) in [4.78, 5) is 23.9. The number of carbonyl (C=O) groups is 2. The highest BCUT2D eigenvalue weighted by atomic mass is 35.5. The third-order valence-corrected chi connectivity index (χ3v) is 4.02. The molecule has 0 saturated carbocycles. The predicted octanol–water partition coefficient (Wildman–Crippen LogP) is 2.41. The number of aliphatic carboxylic acids is 1. The van der Waals surface area contributed by atoms with Gasteiger partial charge in [-0.15, -0.1) is 0 Å². The molecule has 0 aliphatic rings. The van der Waals surface area contributed by atoms with Gasteiger partial charge in [0.2, 0.25) is 5.91 Å². The van der Waals surface area contributed by atoms with E-state index in [1.54, 1.807) is 24.0 Å². The minimum atomic E-state index is -0.955. The number of carboxylic acids is 1. The number of nitrogens with zero attached hydrogens (tertiary/aromatic N) is 1. The smallest absolute Gasteiger partial charge is 0.320 e. The number of ether oxygens (including phenoxy) is 1. The Morgan fingerprint density at radius 2 is 2.00 bits per heavy atom. The van der Waals surface area contributed by atoms with Crippen LogP contribution in [0, 0.1) is 0 Å². The Kier molecular flexibility index (Phi) is 7.61. The van der Waals surface area contributed by atoms with Crippen LogP contribution < -0.4 is 10.1 Å². The van der Waals surface area contributed by atoms with E-state index in [4.69, 9.17) is 27.9 Å². The Morgan fingerprint density at radius 3 is 2.52 bits per heavy atom. The molecule has 1 aromatic rings. The average molecular weight is 363 g/mol. The van der Waals surface area contributed by atoms with Crippen LogP contribution in [0.1, 0.15) is 19.4 Å². The van der Waals surface area contributed by atoms with Gasteiger partial charge in [0.1, 0.15) is 11.8 Å². The molecule has 0 fully saturated rings. The molecule has 1 aromatic carbocycles. The highest BCUT2D eigenvalue weighted by Crippen LogP contribution is 2.31. The molecule has 128 valence electrons. The monoisotopic (exact) mass is 362 g/mol. The standard InChI is InChI=1S/C15H20Cl2N2O4/c1-9(15(21)22)19(5-4-18-10(2)20)8-11-6-13(17)14(23-3)7-12(11)16/h6-7,9H,4-5,8H2,1-3H3,(H,18,20)(H,21,22). The molecule has 0 bridgehead atoms. The van der Waals surface area contributed by atoms with Gasteiger partial charge >= 0.3 is 5.97 Å². The number of nitrogens with one attached hydrogen (secondary N) is 1. The number of methoxy groups -OCH3 is 1. The molecule has 0 heterocycles. The lowest BCUT2D eigenvalue weighted by molar-refractivity contribution is -0.142. The first kappa shape index (κ1) is 19.5. The zero-order valence-electron chi connectivity index (χ0n) is 13.2. The summed E-state index contributed by atoms with van der Waals surface area (Å²) in [6.07, 6.45) is 0. The summed E-state index contributed by atoms with van der Waals surface area (Å²) >= 11 is 12.3. The van der Waals surface area contributed by atoms with E-state index in [9.17, 15) is 14.7 Å². The number of carbonyl (C=O) groups excluding carboxylic acids is 1. The Labute approximate surface area is 145 Å². The molecule has 0 aliphatic heterocycles. The molecule has 0 saturated heterocycles. The summed E-state index contributed by atoms with van der Waals surface area (Å²) in [6, 6.07) is 2.51. The maximum Gasteiger partial charge on any atom is 0.320 e. The number of carboxylic acid groups (broad SMARTS) is 1. The zero-order chi connectivity index (χ0) is 17.6.